The van der Waals surface area contributed by atoms with Crippen LogP contribution in [-0.4, -0.2) is 50.8 Å². The first kappa shape index (κ1) is 16.1. The third-order valence-electron chi connectivity index (χ3n) is 2.86. The van der Waals surface area contributed by atoms with Gasteiger partial charge in [0.15, 0.2) is 0 Å². The van der Waals surface area contributed by atoms with Gasteiger partial charge in [-0.05, 0) is 33.2 Å². The van der Waals surface area contributed by atoms with Gasteiger partial charge in [-0.25, -0.2) is 12.8 Å². The lowest BCUT2D eigenvalue weighted by molar-refractivity contribution is 0.271. The van der Waals surface area contributed by atoms with Crippen LogP contribution >= 0.6 is 0 Å². The summed E-state index contributed by atoms with van der Waals surface area (Å²) < 4.78 is 40.0. The fourth-order valence-corrected chi connectivity index (χ4v) is 3.82. The van der Waals surface area contributed by atoms with E-state index >= 15 is 0 Å². The minimum absolute atomic E-state index is 0.218. The van der Waals surface area contributed by atoms with E-state index in [2.05, 4.69) is 0 Å². The molecule has 1 atom stereocenters. The molecule has 0 N–H and O–H groups in total. The summed E-state index contributed by atoms with van der Waals surface area (Å²) >= 11 is 0. The molecule has 1 unspecified atom stereocenters. The number of hydrogen-bond donors (Lipinski definition) is 0. The highest BCUT2D eigenvalue weighted by Crippen LogP contribution is 2.20. The van der Waals surface area contributed by atoms with Gasteiger partial charge in [0.2, 0.25) is 10.0 Å². The molecule has 0 amide bonds. The molecule has 4 nitrogen and oxygen atoms in total. The van der Waals surface area contributed by atoms with E-state index in [-0.39, 0.29) is 10.9 Å². The fraction of sp³-hybridized carbons (Fsp3) is 0.538. The van der Waals surface area contributed by atoms with E-state index in [0.717, 1.165) is 6.07 Å². The second-order valence-corrected chi connectivity index (χ2v) is 6.61. The first-order valence-corrected chi connectivity index (χ1v) is 7.65. The maximum Gasteiger partial charge on any atom is 0.246 e. The van der Waals surface area contributed by atoms with Crippen molar-refractivity contribution in [3.63, 3.8) is 0 Å². The highest BCUT2D eigenvalue weighted by molar-refractivity contribution is 7.89. The van der Waals surface area contributed by atoms with Gasteiger partial charge in [-0.2, -0.15) is 4.31 Å². The number of sulfonamides is 1. The van der Waals surface area contributed by atoms with Crippen molar-refractivity contribution in [1.82, 2.24) is 9.21 Å². The topological polar surface area (TPSA) is 40.6 Å². The quantitative estimate of drug-likeness (QED) is 0.801. The smallest absolute Gasteiger partial charge is 0.246 e. The Morgan fingerprint density at radius 1 is 1.26 bits per heavy atom. The average Bonchev–Trinajstić information content (AvgIpc) is 2.28. The van der Waals surface area contributed by atoms with E-state index < -0.39 is 15.8 Å². The number of rotatable bonds is 6. The molecule has 6 heteroatoms. The number of benzene rings is 1. The maximum absolute atomic E-state index is 13.7. The van der Waals surface area contributed by atoms with Gasteiger partial charge in [0, 0.05) is 19.1 Å². The molecule has 0 heterocycles. The van der Waals surface area contributed by atoms with Gasteiger partial charge in [0.05, 0.1) is 0 Å². The molecule has 108 valence electrons. The summed E-state index contributed by atoms with van der Waals surface area (Å²) in [6, 6.07) is 5.26. The summed E-state index contributed by atoms with van der Waals surface area (Å²) in [4.78, 5) is 1.65. The fourth-order valence-electron chi connectivity index (χ4n) is 2.12. The van der Waals surface area contributed by atoms with Crippen LogP contribution in [0.4, 0.5) is 4.39 Å². The van der Waals surface area contributed by atoms with Gasteiger partial charge in [-0.3, -0.25) is 0 Å². The Morgan fingerprint density at radius 2 is 1.84 bits per heavy atom. The van der Waals surface area contributed by atoms with Gasteiger partial charge < -0.3 is 4.90 Å². The number of hydrogen-bond acceptors (Lipinski definition) is 3. The lowest BCUT2D eigenvalue weighted by Gasteiger charge is -2.29. The summed E-state index contributed by atoms with van der Waals surface area (Å²) in [7, 11) is -0.0449. The summed E-state index contributed by atoms with van der Waals surface area (Å²) in [5.74, 6) is -0.710. The van der Waals surface area contributed by atoms with Crippen LogP contribution in [0.2, 0.25) is 0 Å². The van der Waals surface area contributed by atoms with Gasteiger partial charge in [0.25, 0.3) is 0 Å². The zero-order chi connectivity index (χ0) is 14.6. The molecule has 0 aliphatic rings. The highest BCUT2D eigenvalue weighted by Gasteiger charge is 2.29. The molecule has 0 saturated carbocycles. The predicted octanol–water partition coefficient (Wildman–Crippen LogP) is 1.79. The van der Waals surface area contributed by atoms with Gasteiger partial charge in [0.1, 0.15) is 10.7 Å². The minimum atomic E-state index is -3.79. The molecule has 0 spiro atoms. The van der Waals surface area contributed by atoms with Crippen LogP contribution in [0.25, 0.3) is 0 Å². The third-order valence-corrected chi connectivity index (χ3v) is 4.98. The van der Waals surface area contributed by atoms with E-state index in [0.29, 0.717) is 13.1 Å². The number of halogens is 1. The summed E-state index contributed by atoms with van der Waals surface area (Å²) in [6.45, 7) is 4.47. The first-order valence-electron chi connectivity index (χ1n) is 6.21. The lowest BCUT2D eigenvalue weighted by Crippen LogP contribution is -2.43. The molecule has 1 aromatic carbocycles. The van der Waals surface area contributed by atoms with E-state index in [1.54, 1.807) is 6.92 Å². The van der Waals surface area contributed by atoms with Crippen molar-refractivity contribution in [2.75, 3.05) is 27.2 Å². The Bertz CT molecular complexity index is 517. The first-order chi connectivity index (χ1) is 8.80. The molecular weight excluding hydrogens is 267 g/mol. The second-order valence-electron chi connectivity index (χ2n) is 4.75. The Labute approximate surface area is 114 Å². The number of nitrogens with zero attached hydrogens (tertiary/aromatic N) is 2. The standard InChI is InChI=1S/C13H21FN2O2S/c1-5-16(11(2)10-15(3)4)19(17,18)13-9-7-6-8-12(13)14/h6-9,11H,5,10H2,1-4H3. The van der Waals surface area contributed by atoms with Crippen LogP contribution in [0.3, 0.4) is 0 Å². The van der Waals surface area contributed by atoms with Crippen LogP contribution in [-0.2, 0) is 10.0 Å². The molecule has 19 heavy (non-hydrogen) atoms. The van der Waals surface area contributed by atoms with Crippen LogP contribution in [0.1, 0.15) is 13.8 Å². The van der Waals surface area contributed by atoms with E-state index in [1.807, 2.05) is 25.9 Å². The largest absolute Gasteiger partial charge is 0.308 e. The van der Waals surface area contributed by atoms with Crippen LogP contribution < -0.4 is 0 Å². The Morgan fingerprint density at radius 3 is 2.32 bits per heavy atom. The summed E-state index contributed by atoms with van der Waals surface area (Å²) in [6.07, 6.45) is 0. The molecule has 1 rings (SSSR count). The average molecular weight is 288 g/mol. The van der Waals surface area contributed by atoms with Gasteiger partial charge in [-0.15, -0.1) is 0 Å². The lowest BCUT2D eigenvalue weighted by atomic mass is 10.3. The van der Waals surface area contributed by atoms with E-state index in [1.165, 1.54) is 22.5 Å². The monoisotopic (exact) mass is 288 g/mol. The normalized spacial score (nSPS) is 14.1. The van der Waals surface area contributed by atoms with Crippen molar-refractivity contribution in [3.8, 4) is 0 Å². The van der Waals surface area contributed by atoms with E-state index in [9.17, 15) is 12.8 Å². The Balaban J connectivity index is 3.13. The van der Waals surface area contributed by atoms with E-state index in [4.69, 9.17) is 0 Å². The van der Waals surface area contributed by atoms with Crippen molar-refractivity contribution in [2.24, 2.45) is 0 Å². The van der Waals surface area contributed by atoms with Crippen molar-refractivity contribution >= 4 is 10.0 Å². The molecule has 0 aliphatic carbocycles. The third kappa shape index (κ3) is 3.75. The highest BCUT2D eigenvalue weighted by atomic mass is 32.2. The second kappa shape index (κ2) is 6.45. The van der Waals surface area contributed by atoms with Crippen LogP contribution in [0, 0.1) is 5.82 Å². The van der Waals surface area contributed by atoms with Crippen molar-refractivity contribution < 1.29 is 12.8 Å². The summed E-state index contributed by atoms with van der Waals surface area (Å²) in [5.41, 5.74) is 0. The molecule has 1 aromatic rings. The SMILES string of the molecule is CCN(C(C)CN(C)C)S(=O)(=O)c1ccccc1F. The minimum Gasteiger partial charge on any atom is -0.308 e. The maximum atomic E-state index is 13.7. The Kier molecular flexibility index (Phi) is 5.46. The molecule has 0 aromatic heterocycles. The molecule has 0 aliphatic heterocycles. The zero-order valence-corrected chi connectivity index (χ0v) is 12.6. The van der Waals surface area contributed by atoms with Crippen molar-refractivity contribution in [1.29, 1.82) is 0 Å². The molecule has 0 bridgehead atoms. The molecule has 0 fully saturated rings. The Hall–Kier alpha value is -0.980. The molecule has 0 saturated heterocycles. The van der Waals surface area contributed by atoms with Crippen LogP contribution in [0.5, 0.6) is 0 Å². The zero-order valence-electron chi connectivity index (χ0n) is 11.8. The van der Waals surface area contributed by atoms with Gasteiger partial charge >= 0.3 is 0 Å². The summed E-state index contributed by atoms with van der Waals surface area (Å²) in [5, 5.41) is 0. The van der Waals surface area contributed by atoms with Crippen molar-refractivity contribution in [3.05, 3.63) is 30.1 Å². The van der Waals surface area contributed by atoms with Crippen molar-refractivity contribution in [2.45, 2.75) is 24.8 Å². The molecular formula is C13H21FN2O2S. The predicted molar refractivity (Wildman–Crippen MR) is 74.0 cm³/mol. The molecule has 0 radical (unpaired) electrons. The van der Waals surface area contributed by atoms with Crippen LogP contribution in [0.15, 0.2) is 29.2 Å². The number of likely N-dealkylation sites (N-methyl/N-ethyl adjacent to an activating group) is 2. The van der Waals surface area contributed by atoms with Gasteiger partial charge in [-0.1, -0.05) is 19.1 Å².